The average Bonchev–Trinajstić information content (AvgIpc) is 3.77. The lowest BCUT2D eigenvalue weighted by atomic mass is 9.73. The molecular formula is C43H54N6O14. The molecule has 0 saturated carbocycles. The Labute approximate surface area is 362 Å². The third kappa shape index (κ3) is 8.75. The van der Waals surface area contributed by atoms with Crippen LogP contribution in [0, 0.1) is 5.92 Å². The van der Waals surface area contributed by atoms with Gasteiger partial charge in [0.1, 0.15) is 48.1 Å². The molecule has 0 bridgehead atoms. The highest BCUT2D eigenvalue weighted by Crippen LogP contribution is 2.51. The molecule has 20 heteroatoms. The van der Waals surface area contributed by atoms with Crippen molar-refractivity contribution in [1.29, 1.82) is 0 Å². The van der Waals surface area contributed by atoms with E-state index in [0.29, 0.717) is 25.9 Å². The number of likely N-dealkylation sites (tertiary alicyclic amines) is 1. The summed E-state index contributed by atoms with van der Waals surface area (Å²) >= 11 is 0. The lowest BCUT2D eigenvalue weighted by Gasteiger charge is -2.41. The molecule has 4 amide bonds. The SMILES string of the molecule is COc1cccc2c1C(=O)c1c(O)c3c(c(O)c1C2=O)CC(C(=O)CO)CC3OC1CC(NC(=O)C2CCCN2C(=O)CNC(=O)C(C)NC(=O)C2CNCCN2C)C(O)C(C)O1. The molecule has 2 aliphatic carbocycles. The first kappa shape index (κ1) is 45.5. The first-order valence-electron chi connectivity index (χ1n) is 21.1. The van der Waals surface area contributed by atoms with Crippen LogP contribution in [0.4, 0.5) is 0 Å². The van der Waals surface area contributed by atoms with Crippen molar-refractivity contribution in [2.75, 3.05) is 53.5 Å². The van der Waals surface area contributed by atoms with E-state index >= 15 is 0 Å². The summed E-state index contributed by atoms with van der Waals surface area (Å²) in [6.07, 6.45) is -4.33. The number of fused-ring (bicyclic) bond motifs is 3. The largest absolute Gasteiger partial charge is 0.507 e. The van der Waals surface area contributed by atoms with Gasteiger partial charge in [-0.3, -0.25) is 38.5 Å². The van der Waals surface area contributed by atoms with E-state index in [9.17, 15) is 54.0 Å². The van der Waals surface area contributed by atoms with Gasteiger partial charge in [-0.05, 0) is 52.6 Å². The van der Waals surface area contributed by atoms with E-state index in [2.05, 4.69) is 21.3 Å². The molecule has 0 spiro atoms. The molecule has 8 N–H and O–H groups in total. The number of piperazine rings is 1. The highest BCUT2D eigenvalue weighted by atomic mass is 16.7. The van der Waals surface area contributed by atoms with Crippen molar-refractivity contribution < 1.29 is 68.2 Å². The number of rotatable bonds is 12. The summed E-state index contributed by atoms with van der Waals surface area (Å²) in [6.45, 7) is 3.88. The third-order valence-corrected chi connectivity index (χ3v) is 12.8. The fourth-order valence-electron chi connectivity index (χ4n) is 9.35. The number of likely N-dealkylation sites (N-methyl/N-ethyl adjacent to an activating group) is 1. The number of aliphatic hydroxyl groups is 2. The molecule has 2 aromatic rings. The van der Waals surface area contributed by atoms with Gasteiger partial charge in [0.25, 0.3) is 0 Å². The second-order valence-electron chi connectivity index (χ2n) is 16.8. The fourth-order valence-corrected chi connectivity index (χ4v) is 9.35. The van der Waals surface area contributed by atoms with Gasteiger partial charge in [-0.15, -0.1) is 0 Å². The molecule has 9 atom stereocenters. The Kier molecular flexibility index (Phi) is 13.5. The maximum absolute atomic E-state index is 14.0. The van der Waals surface area contributed by atoms with Crippen LogP contribution in [0.15, 0.2) is 18.2 Å². The zero-order valence-electron chi connectivity index (χ0n) is 35.5. The van der Waals surface area contributed by atoms with E-state index in [4.69, 9.17) is 14.2 Å². The van der Waals surface area contributed by atoms with E-state index < -0.39 is 126 Å². The smallest absolute Gasteiger partial charge is 0.243 e. The van der Waals surface area contributed by atoms with Crippen molar-refractivity contribution in [3.63, 3.8) is 0 Å². The third-order valence-electron chi connectivity index (χ3n) is 12.8. The van der Waals surface area contributed by atoms with Crippen LogP contribution in [0.3, 0.4) is 0 Å². The predicted molar refractivity (Wildman–Crippen MR) is 219 cm³/mol. The monoisotopic (exact) mass is 878 g/mol. The second kappa shape index (κ2) is 18.7. The minimum absolute atomic E-state index is 0.0261. The van der Waals surface area contributed by atoms with E-state index in [-0.39, 0.29) is 59.7 Å². The average molecular weight is 879 g/mol. The Balaban J connectivity index is 1.04. The summed E-state index contributed by atoms with van der Waals surface area (Å²) in [7, 11) is 3.14. The van der Waals surface area contributed by atoms with Gasteiger partial charge in [0, 0.05) is 55.2 Å². The molecule has 9 unspecified atom stereocenters. The van der Waals surface area contributed by atoms with Crippen molar-refractivity contribution in [3.8, 4) is 17.2 Å². The van der Waals surface area contributed by atoms with Crippen molar-refractivity contribution in [3.05, 3.63) is 51.6 Å². The minimum Gasteiger partial charge on any atom is -0.507 e. The van der Waals surface area contributed by atoms with E-state index in [1.165, 1.54) is 37.1 Å². The van der Waals surface area contributed by atoms with Gasteiger partial charge in [-0.1, -0.05) is 12.1 Å². The van der Waals surface area contributed by atoms with Gasteiger partial charge in [0.2, 0.25) is 29.4 Å². The number of aromatic hydroxyl groups is 2. The Morgan fingerprint density at radius 1 is 1.00 bits per heavy atom. The standard InChI is InChI=1S/C43H54N6O14/c1-19(46-43(60)26-16-44-10-12-48(26)3)41(58)45-17-30(52)49-11-6-8-25(49)42(59)47-24-15-31(62-20(2)36(24)53)63-29-14-21(27(51)18-50)13-23-33(29)40(57)35-34(38(23)55)37(54)22-7-5-9-28(61-4)32(22)39(35)56/h5,7,9,19-21,24-26,29,31,36,44,50,53,55,57H,6,8,10-18H2,1-4H3,(H,45,58)(H,46,60)(H,47,59). The molecule has 7 rings (SSSR count). The topological polar surface area (TPSA) is 283 Å². The maximum atomic E-state index is 14.0. The zero-order chi connectivity index (χ0) is 45.4. The molecule has 3 saturated heterocycles. The summed E-state index contributed by atoms with van der Waals surface area (Å²) in [6, 6.07) is 1.09. The van der Waals surface area contributed by atoms with Crippen molar-refractivity contribution in [2.24, 2.45) is 5.92 Å². The molecule has 20 nitrogen and oxygen atoms in total. The molecule has 3 aliphatic heterocycles. The van der Waals surface area contributed by atoms with Gasteiger partial charge in [-0.25, -0.2) is 0 Å². The van der Waals surface area contributed by atoms with Crippen LogP contribution < -0.4 is 26.0 Å². The molecule has 0 radical (unpaired) electrons. The number of phenols is 2. The minimum atomic E-state index is -1.25. The van der Waals surface area contributed by atoms with Crippen LogP contribution in [0.5, 0.6) is 17.2 Å². The van der Waals surface area contributed by atoms with Crippen molar-refractivity contribution in [1.82, 2.24) is 31.1 Å². The number of benzene rings is 2. The number of Topliss-reactive ketones (excluding diaryl/α,β-unsaturated/α-hetero) is 1. The van der Waals surface area contributed by atoms with Gasteiger partial charge < -0.3 is 60.8 Å². The quantitative estimate of drug-likeness (QED) is 0.0968. The number of methoxy groups -OCH3 is 1. The van der Waals surface area contributed by atoms with Crippen LogP contribution in [-0.4, -0.2) is 167 Å². The molecule has 2 aromatic carbocycles. The summed E-state index contributed by atoms with van der Waals surface area (Å²) in [5.74, 6) is -6.25. The van der Waals surface area contributed by atoms with Crippen LogP contribution in [-0.2, 0) is 39.9 Å². The summed E-state index contributed by atoms with van der Waals surface area (Å²) < 4.78 is 17.7. The van der Waals surface area contributed by atoms with Crippen LogP contribution >= 0.6 is 0 Å². The highest BCUT2D eigenvalue weighted by molar-refractivity contribution is 6.31. The first-order valence-corrected chi connectivity index (χ1v) is 21.1. The molecule has 3 heterocycles. The van der Waals surface area contributed by atoms with Crippen molar-refractivity contribution >= 4 is 41.0 Å². The molecule has 63 heavy (non-hydrogen) atoms. The molecule has 340 valence electrons. The number of carbonyl (C=O) groups excluding carboxylic acids is 7. The van der Waals surface area contributed by atoms with Crippen LogP contribution in [0.1, 0.15) is 88.6 Å². The number of ether oxygens (including phenoxy) is 3. The first-order chi connectivity index (χ1) is 30.1. The number of nitrogens with zero attached hydrogens (tertiary/aromatic N) is 2. The second-order valence-corrected chi connectivity index (χ2v) is 16.8. The molecule has 5 aliphatic rings. The van der Waals surface area contributed by atoms with Crippen LogP contribution in [0.25, 0.3) is 0 Å². The number of amides is 4. The Bertz CT molecular complexity index is 2200. The number of carbonyl (C=O) groups is 7. The van der Waals surface area contributed by atoms with Gasteiger partial charge in [0.05, 0.1) is 48.6 Å². The maximum Gasteiger partial charge on any atom is 0.243 e. The number of hydrogen-bond donors (Lipinski definition) is 8. The number of ketones is 3. The van der Waals surface area contributed by atoms with E-state index in [0.717, 1.165) is 6.54 Å². The lowest BCUT2D eigenvalue weighted by Crippen LogP contribution is -2.59. The Morgan fingerprint density at radius 2 is 1.75 bits per heavy atom. The molecule has 3 fully saturated rings. The molecular weight excluding hydrogens is 825 g/mol. The number of phenolic OH excluding ortho intramolecular Hbond substituents is 2. The fraction of sp³-hybridized carbons (Fsp3) is 0.558. The normalized spacial score (nSPS) is 27.4. The van der Waals surface area contributed by atoms with Crippen LogP contribution in [0.2, 0.25) is 0 Å². The number of aliphatic hydroxyl groups excluding tert-OH is 2. The Morgan fingerprint density at radius 3 is 2.46 bits per heavy atom. The van der Waals surface area contributed by atoms with Gasteiger partial charge in [-0.2, -0.15) is 0 Å². The zero-order valence-corrected chi connectivity index (χ0v) is 35.5. The van der Waals surface area contributed by atoms with Crippen molar-refractivity contribution in [2.45, 2.75) is 94.7 Å². The summed E-state index contributed by atoms with van der Waals surface area (Å²) in [5.41, 5.74) is -1.15. The Hall–Kier alpha value is -5.51. The molecule has 0 aromatic heterocycles. The summed E-state index contributed by atoms with van der Waals surface area (Å²) in [4.78, 5) is 96.8. The highest BCUT2D eigenvalue weighted by Gasteiger charge is 2.46. The van der Waals surface area contributed by atoms with Gasteiger partial charge in [0.15, 0.2) is 17.9 Å². The predicted octanol–water partition coefficient (Wildman–Crippen LogP) is -1.44. The lowest BCUT2D eigenvalue weighted by molar-refractivity contribution is -0.245. The van der Waals surface area contributed by atoms with E-state index in [1.807, 2.05) is 11.9 Å². The van der Waals surface area contributed by atoms with Gasteiger partial charge >= 0.3 is 0 Å². The number of hydrogen-bond acceptors (Lipinski definition) is 16. The summed E-state index contributed by atoms with van der Waals surface area (Å²) in [5, 5.41) is 55.7. The van der Waals surface area contributed by atoms with E-state index in [1.54, 1.807) is 6.92 Å². The number of nitrogens with one attached hydrogen (secondary N) is 4.